The summed E-state index contributed by atoms with van der Waals surface area (Å²) in [5, 5.41) is 3.13. The van der Waals surface area contributed by atoms with Crippen molar-refractivity contribution in [2.75, 3.05) is 31.5 Å². The maximum Gasteiger partial charge on any atom is 0.271 e. The minimum absolute atomic E-state index is 0.139. The van der Waals surface area contributed by atoms with E-state index < -0.39 is 11.6 Å². The van der Waals surface area contributed by atoms with Gasteiger partial charge in [-0.15, -0.1) is 0 Å². The number of hydrogen-bond acceptors (Lipinski definition) is 5. The first kappa shape index (κ1) is 20.0. The van der Waals surface area contributed by atoms with Crippen LogP contribution in [-0.4, -0.2) is 49.6 Å². The minimum Gasteiger partial charge on any atom is -0.495 e. The maximum atomic E-state index is 13.6. The molecule has 8 nitrogen and oxygen atoms in total. The lowest BCUT2D eigenvalue weighted by Crippen LogP contribution is -2.68. The van der Waals surface area contributed by atoms with Gasteiger partial charge in [0.25, 0.3) is 11.8 Å². The van der Waals surface area contributed by atoms with Crippen LogP contribution < -0.4 is 19.7 Å². The molecule has 0 aliphatic carbocycles. The highest BCUT2D eigenvalue weighted by Gasteiger charge is 2.59. The number of rotatable bonds is 4. The Morgan fingerprint density at radius 2 is 1.83 bits per heavy atom. The molecule has 0 bridgehead atoms. The molecule has 0 radical (unpaired) electrons. The van der Waals surface area contributed by atoms with Crippen molar-refractivity contribution >= 4 is 40.7 Å². The number of halogens is 1. The third-order valence-corrected chi connectivity index (χ3v) is 5.92. The van der Waals surface area contributed by atoms with Gasteiger partial charge in [0.2, 0.25) is 11.6 Å². The molecule has 1 saturated heterocycles. The highest BCUT2D eigenvalue weighted by atomic mass is 35.5. The Balaban J connectivity index is 1.81. The van der Waals surface area contributed by atoms with E-state index in [0.717, 1.165) is 0 Å². The molecule has 0 spiro atoms. The van der Waals surface area contributed by atoms with Crippen molar-refractivity contribution in [3.05, 3.63) is 47.0 Å². The zero-order chi connectivity index (χ0) is 21.6. The Hall–Kier alpha value is -3.26. The Bertz CT molecular complexity index is 1070. The van der Waals surface area contributed by atoms with Crippen LogP contribution in [0, 0.1) is 0 Å². The van der Waals surface area contributed by atoms with Crippen LogP contribution in [0.25, 0.3) is 0 Å². The first-order valence-corrected chi connectivity index (χ1v) is 9.66. The van der Waals surface area contributed by atoms with Gasteiger partial charge < -0.3 is 19.7 Å². The van der Waals surface area contributed by atoms with Crippen LogP contribution in [0.15, 0.2) is 36.4 Å². The van der Waals surface area contributed by atoms with Crippen LogP contribution >= 0.6 is 11.6 Å². The molecule has 3 amide bonds. The second-order valence-corrected chi connectivity index (χ2v) is 7.48. The van der Waals surface area contributed by atoms with Crippen LogP contribution in [0.4, 0.5) is 11.4 Å². The van der Waals surface area contributed by atoms with Gasteiger partial charge in [-0.1, -0.05) is 23.7 Å². The predicted molar refractivity (Wildman–Crippen MR) is 111 cm³/mol. The molecule has 156 valence electrons. The molecule has 2 aliphatic rings. The van der Waals surface area contributed by atoms with Crippen molar-refractivity contribution in [3.8, 4) is 11.5 Å². The summed E-state index contributed by atoms with van der Waals surface area (Å²) in [4.78, 5) is 42.2. The standard InChI is InChI=1S/C21H20ClN3O5/c1-24-19(27)12-6-4-5-7-15(12)25-18(26)8-9-21(24,25)20(28)23-14-11-16(29-2)13(22)10-17(14)30-3/h4-7,10-11H,8-9H2,1-3H3,(H,23,28)/t21-/m1/s1. The van der Waals surface area contributed by atoms with Gasteiger partial charge in [0.1, 0.15) is 11.5 Å². The zero-order valence-corrected chi connectivity index (χ0v) is 17.4. The van der Waals surface area contributed by atoms with E-state index in [1.165, 1.54) is 43.2 Å². The molecule has 9 heteroatoms. The summed E-state index contributed by atoms with van der Waals surface area (Å²) in [6.07, 6.45) is 0.307. The fourth-order valence-electron chi connectivity index (χ4n) is 4.11. The van der Waals surface area contributed by atoms with E-state index in [9.17, 15) is 14.4 Å². The lowest BCUT2D eigenvalue weighted by molar-refractivity contribution is -0.128. The molecule has 2 aromatic carbocycles. The third-order valence-electron chi connectivity index (χ3n) is 5.63. The third kappa shape index (κ3) is 2.71. The molecular weight excluding hydrogens is 410 g/mol. The van der Waals surface area contributed by atoms with Crippen molar-refractivity contribution in [3.63, 3.8) is 0 Å². The number of likely N-dealkylation sites (N-methyl/N-ethyl adjacent to an activating group) is 1. The predicted octanol–water partition coefficient (Wildman–Crippen LogP) is 2.90. The largest absolute Gasteiger partial charge is 0.495 e. The monoisotopic (exact) mass is 429 g/mol. The Morgan fingerprint density at radius 1 is 1.13 bits per heavy atom. The van der Waals surface area contributed by atoms with Gasteiger partial charge in [-0.05, 0) is 12.1 Å². The number of nitrogens with zero attached hydrogens (tertiary/aromatic N) is 2. The molecule has 4 rings (SSSR count). The molecule has 2 aliphatic heterocycles. The molecule has 0 saturated carbocycles. The van der Waals surface area contributed by atoms with Crippen LogP contribution in [0.5, 0.6) is 11.5 Å². The number of anilines is 2. The van der Waals surface area contributed by atoms with Crippen LogP contribution in [0.3, 0.4) is 0 Å². The van der Waals surface area contributed by atoms with Gasteiger partial charge in [-0.2, -0.15) is 0 Å². The van der Waals surface area contributed by atoms with Crippen LogP contribution in [-0.2, 0) is 9.59 Å². The molecule has 0 unspecified atom stereocenters. The normalized spacial score (nSPS) is 20.0. The van der Waals surface area contributed by atoms with E-state index in [2.05, 4.69) is 5.32 Å². The highest BCUT2D eigenvalue weighted by molar-refractivity contribution is 6.32. The summed E-state index contributed by atoms with van der Waals surface area (Å²) in [7, 11) is 4.44. The summed E-state index contributed by atoms with van der Waals surface area (Å²) in [6.45, 7) is 0. The van der Waals surface area contributed by atoms with Crippen molar-refractivity contribution in [2.24, 2.45) is 0 Å². The number of fused-ring (bicyclic) bond motifs is 3. The molecule has 0 aromatic heterocycles. The van der Waals surface area contributed by atoms with Crippen LogP contribution in [0.1, 0.15) is 23.2 Å². The average molecular weight is 430 g/mol. The Kier molecular flexibility index (Phi) is 4.82. The smallest absolute Gasteiger partial charge is 0.271 e. The van der Waals surface area contributed by atoms with E-state index in [4.69, 9.17) is 21.1 Å². The number of ether oxygens (including phenoxy) is 2. The summed E-state index contributed by atoms with van der Waals surface area (Å²) in [5.41, 5.74) is -0.360. The number of carbonyl (C=O) groups excluding carboxylic acids is 3. The molecule has 1 atom stereocenters. The topological polar surface area (TPSA) is 88.2 Å². The number of benzene rings is 2. The second-order valence-electron chi connectivity index (χ2n) is 7.07. The maximum absolute atomic E-state index is 13.6. The van der Waals surface area contributed by atoms with E-state index >= 15 is 0 Å². The summed E-state index contributed by atoms with van der Waals surface area (Å²) >= 11 is 6.15. The first-order chi connectivity index (χ1) is 14.3. The van der Waals surface area contributed by atoms with E-state index in [1.807, 2.05) is 0 Å². The Labute approximate surface area is 178 Å². The SMILES string of the molecule is COc1cc(NC(=O)[C@@]23CCC(=O)N2c2ccccc2C(=O)N3C)c(OC)cc1Cl. The van der Waals surface area contributed by atoms with E-state index in [1.54, 1.807) is 24.3 Å². The Morgan fingerprint density at radius 3 is 2.53 bits per heavy atom. The first-order valence-electron chi connectivity index (χ1n) is 9.28. The number of nitrogens with one attached hydrogen (secondary N) is 1. The van der Waals surface area contributed by atoms with Crippen LogP contribution in [0.2, 0.25) is 5.02 Å². The second kappa shape index (κ2) is 7.21. The quantitative estimate of drug-likeness (QED) is 0.807. The zero-order valence-electron chi connectivity index (χ0n) is 16.7. The fraction of sp³-hybridized carbons (Fsp3) is 0.286. The number of amides is 3. The fourth-order valence-corrected chi connectivity index (χ4v) is 4.34. The number of hydrogen-bond donors (Lipinski definition) is 1. The highest BCUT2D eigenvalue weighted by Crippen LogP contribution is 2.45. The minimum atomic E-state index is -1.49. The van der Waals surface area contributed by atoms with Gasteiger partial charge in [0, 0.05) is 32.0 Å². The van der Waals surface area contributed by atoms with Crippen molar-refractivity contribution in [1.29, 1.82) is 0 Å². The molecule has 2 heterocycles. The molecule has 1 fully saturated rings. The van der Waals surface area contributed by atoms with E-state index in [0.29, 0.717) is 33.5 Å². The van der Waals surface area contributed by atoms with Gasteiger partial charge >= 0.3 is 0 Å². The number of methoxy groups -OCH3 is 2. The molecular formula is C21H20ClN3O5. The van der Waals surface area contributed by atoms with Gasteiger partial charge in [-0.25, -0.2) is 0 Å². The van der Waals surface area contributed by atoms with Crippen molar-refractivity contribution in [2.45, 2.75) is 18.5 Å². The van der Waals surface area contributed by atoms with Crippen molar-refractivity contribution < 1.29 is 23.9 Å². The molecule has 2 aromatic rings. The van der Waals surface area contributed by atoms with E-state index in [-0.39, 0.29) is 24.7 Å². The summed E-state index contributed by atoms with van der Waals surface area (Å²) in [5.74, 6) is -0.402. The lowest BCUT2D eigenvalue weighted by atomic mass is 9.96. The van der Waals surface area contributed by atoms with Crippen molar-refractivity contribution in [1.82, 2.24) is 4.90 Å². The number of para-hydroxylation sites is 1. The summed E-state index contributed by atoms with van der Waals surface area (Å²) < 4.78 is 10.6. The average Bonchev–Trinajstić information content (AvgIpc) is 3.11. The van der Waals surface area contributed by atoms with Gasteiger partial charge in [0.15, 0.2) is 0 Å². The molecule has 1 N–H and O–H groups in total. The lowest BCUT2D eigenvalue weighted by Gasteiger charge is -2.47. The van der Waals surface area contributed by atoms with Gasteiger partial charge in [-0.3, -0.25) is 19.3 Å². The number of carbonyl (C=O) groups is 3. The molecule has 30 heavy (non-hydrogen) atoms. The van der Waals surface area contributed by atoms with Gasteiger partial charge in [0.05, 0.1) is 36.2 Å². The summed E-state index contributed by atoms with van der Waals surface area (Å²) in [6, 6.07) is 9.85.